The number of rotatable bonds is 6. The van der Waals surface area contributed by atoms with Crippen LogP contribution in [0.1, 0.15) is 44.6 Å². The quantitative estimate of drug-likeness (QED) is 0.761. The Morgan fingerprint density at radius 2 is 1.86 bits per heavy atom. The Balaban J connectivity index is 1.32. The summed E-state index contributed by atoms with van der Waals surface area (Å²) in [6.07, 6.45) is 7.15. The highest BCUT2D eigenvalue weighted by atomic mass is 32.2. The highest BCUT2D eigenvalue weighted by Gasteiger charge is 2.65. The van der Waals surface area contributed by atoms with E-state index in [9.17, 15) is 13.2 Å². The zero-order chi connectivity index (χ0) is 19.9. The summed E-state index contributed by atoms with van der Waals surface area (Å²) < 4.78 is 25.6. The van der Waals surface area contributed by atoms with Crippen LogP contribution in [0.15, 0.2) is 24.3 Å². The second-order valence-electron chi connectivity index (χ2n) is 9.05. The van der Waals surface area contributed by atoms with Gasteiger partial charge in [0, 0.05) is 30.2 Å². The van der Waals surface area contributed by atoms with Crippen LogP contribution < -0.4 is 10.0 Å². The molecule has 7 heteroatoms. The van der Waals surface area contributed by atoms with Gasteiger partial charge in [0.15, 0.2) is 0 Å². The van der Waals surface area contributed by atoms with Gasteiger partial charge in [-0.1, -0.05) is 38.3 Å². The number of likely N-dealkylation sites (tertiary alicyclic amines) is 1. The maximum atomic E-state index is 12.4. The third kappa shape index (κ3) is 4.06. The lowest BCUT2D eigenvalue weighted by Gasteiger charge is -2.27. The van der Waals surface area contributed by atoms with Crippen LogP contribution in [0.3, 0.4) is 0 Å². The Morgan fingerprint density at radius 3 is 2.50 bits per heavy atom. The summed E-state index contributed by atoms with van der Waals surface area (Å²) in [7, 11) is -3.27. The number of piperidine rings is 1. The molecule has 3 fully saturated rings. The Bertz CT molecular complexity index is 836. The van der Waals surface area contributed by atoms with Crippen LogP contribution in [-0.2, 0) is 20.2 Å². The van der Waals surface area contributed by atoms with Crippen molar-refractivity contribution in [3.8, 4) is 0 Å². The molecule has 4 rings (SSSR count). The number of benzene rings is 1. The molecule has 154 valence electrons. The monoisotopic (exact) mass is 405 g/mol. The van der Waals surface area contributed by atoms with Crippen LogP contribution >= 0.6 is 0 Å². The van der Waals surface area contributed by atoms with E-state index in [-0.39, 0.29) is 11.3 Å². The standard InChI is InChI=1S/C21H31N3O3S/c1-21(15-7-6-10-17(11-15)23-28(2,26)27)18-12-24(13-19(18)21)14-20(25)22-16-8-4-3-5-9-16/h6-7,10-11,16,18-19,23H,3-5,8-9,12-14H2,1-2H3,(H,22,25). The van der Waals surface area contributed by atoms with E-state index in [1.807, 2.05) is 12.1 Å². The van der Waals surface area contributed by atoms with Gasteiger partial charge in [-0.05, 0) is 42.4 Å². The van der Waals surface area contributed by atoms with E-state index >= 15 is 0 Å². The maximum Gasteiger partial charge on any atom is 0.234 e. The smallest absolute Gasteiger partial charge is 0.234 e. The van der Waals surface area contributed by atoms with Crippen molar-refractivity contribution in [1.82, 2.24) is 10.2 Å². The average Bonchev–Trinajstić information content (AvgIpc) is 2.98. The SMILES string of the molecule is CC1(c2cccc(NS(C)(=O)=O)c2)C2CN(CC(=O)NC3CCCCC3)CC21. The number of hydrogen-bond acceptors (Lipinski definition) is 4. The van der Waals surface area contributed by atoms with Crippen molar-refractivity contribution >= 4 is 21.6 Å². The van der Waals surface area contributed by atoms with Crippen molar-refractivity contribution in [2.45, 2.75) is 50.5 Å². The highest BCUT2D eigenvalue weighted by Crippen LogP contribution is 2.63. The van der Waals surface area contributed by atoms with Crippen molar-refractivity contribution in [3.63, 3.8) is 0 Å². The first kappa shape index (κ1) is 19.7. The summed E-state index contributed by atoms with van der Waals surface area (Å²) in [6.45, 7) is 4.63. The number of fused-ring (bicyclic) bond motifs is 1. The third-order valence-corrected chi connectivity index (χ3v) is 7.56. The van der Waals surface area contributed by atoms with Crippen LogP contribution in [-0.4, -0.2) is 51.2 Å². The van der Waals surface area contributed by atoms with E-state index in [1.165, 1.54) is 31.1 Å². The lowest BCUT2D eigenvalue weighted by Crippen LogP contribution is -2.43. The minimum absolute atomic E-state index is 0.0749. The lowest BCUT2D eigenvalue weighted by atomic mass is 9.92. The number of hydrogen-bond donors (Lipinski definition) is 2. The molecule has 0 radical (unpaired) electrons. The van der Waals surface area contributed by atoms with Gasteiger partial charge in [-0.3, -0.25) is 14.4 Å². The van der Waals surface area contributed by atoms with Crippen LogP contribution in [0.2, 0.25) is 0 Å². The molecular formula is C21H31N3O3S. The number of carbonyl (C=O) groups excluding carboxylic acids is 1. The minimum atomic E-state index is -3.27. The molecule has 3 aliphatic rings. The van der Waals surface area contributed by atoms with E-state index < -0.39 is 10.0 Å². The van der Waals surface area contributed by atoms with Crippen molar-refractivity contribution in [2.24, 2.45) is 11.8 Å². The summed E-state index contributed by atoms with van der Waals surface area (Å²) in [5.74, 6) is 1.22. The highest BCUT2D eigenvalue weighted by molar-refractivity contribution is 7.92. The molecular weight excluding hydrogens is 374 g/mol. The Kier molecular flexibility index (Phi) is 5.16. The van der Waals surface area contributed by atoms with Crippen molar-refractivity contribution in [3.05, 3.63) is 29.8 Å². The van der Waals surface area contributed by atoms with Gasteiger partial charge in [0.05, 0.1) is 12.8 Å². The van der Waals surface area contributed by atoms with E-state index in [1.54, 1.807) is 6.07 Å². The van der Waals surface area contributed by atoms with E-state index in [0.29, 0.717) is 30.1 Å². The van der Waals surface area contributed by atoms with Crippen molar-refractivity contribution < 1.29 is 13.2 Å². The lowest BCUT2D eigenvalue weighted by molar-refractivity contribution is -0.123. The first-order valence-electron chi connectivity index (χ1n) is 10.4. The first-order chi connectivity index (χ1) is 13.3. The van der Waals surface area contributed by atoms with Gasteiger partial charge in [-0.2, -0.15) is 0 Å². The minimum Gasteiger partial charge on any atom is -0.352 e. The molecule has 1 aromatic carbocycles. The molecule has 2 unspecified atom stereocenters. The van der Waals surface area contributed by atoms with Gasteiger partial charge in [-0.25, -0.2) is 8.42 Å². The summed E-state index contributed by atoms with van der Waals surface area (Å²) in [4.78, 5) is 14.7. The van der Waals surface area contributed by atoms with E-state index in [2.05, 4.69) is 27.9 Å². The Morgan fingerprint density at radius 1 is 1.18 bits per heavy atom. The molecule has 0 bridgehead atoms. The van der Waals surface area contributed by atoms with Gasteiger partial charge >= 0.3 is 0 Å². The fourth-order valence-corrected chi connectivity index (χ4v) is 5.93. The van der Waals surface area contributed by atoms with Crippen LogP contribution in [0.5, 0.6) is 0 Å². The van der Waals surface area contributed by atoms with Gasteiger partial charge in [-0.15, -0.1) is 0 Å². The number of carbonyl (C=O) groups is 1. The molecule has 6 nitrogen and oxygen atoms in total. The summed E-state index contributed by atoms with van der Waals surface area (Å²) >= 11 is 0. The molecule has 2 atom stereocenters. The summed E-state index contributed by atoms with van der Waals surface area (Å²) in [6, 6.07) is 8.12. The zero-order valence-electron chi connectivity index (χ0n) is 16.8. The molecule has 28 heavy (non-hydrogen) atoms. The fourth-order valence-electron chi connectivity index (χ4n) is 5.38. The van der Waals surface area contributed by atoms with Crippen LogP contribution in [0.4, 0.5) is 5.69 Å². The molecule has 1 saturated heterocycles. The van der Waals surface area contributed by atoms with Gasteiger partial charge in [0.1, 0.15) is 0 Å². The molecule has 2 N–H and O–H groups in total. The largest absolute Gasteiger partial charge is 0.352 e. The van der Waals surface area contributed by atoms with Gasteiger partial charge < -0.3 is 5.32 Å². The predicted octanol–water partition coefficient (Wildman–Crippen LogP) is 2.33. The molecule has 1 amide bonds. The second-order valence-corrected chi connectivity index (χ2v) is 10.8. The number of amides is 1. The topological polar surface area (TPSA) is 78.5 Å². The molecule has 0 aromatic heterocycles. The average molecular weight is 406 g/mol. The Hall–Kier alpha value is -1.60. The number of anilines is 1. The van der Waals surface area contributed by atoms with Crippen molar-refractivity contribution in [2.75, 3.05) is 30.6 Å². The van der Waals surface area contributed by atoms with Crippen molar-refractivity contribution in [1.29, 1.82) is 0 Å². The number of sulfonamides is 1. The van der Waals surface area contributed by atoms with E-state index in [0.717, 1.165) is 25.9 Å². The van der Waals surface area contributed by atoms with Crippen LogP contribution in [0.25, 0.3) is 0 Å². The fraction of sp³-hybridized carbons (Fsp3) is 0.667. The van der Waals surface area contributed by atoms with Gasteiger partial charge in [0.2, 0.25) is 15.9 Å². The van der Waals surface area contributed by atoms with Gasteiger partial charge in [0.25, 0.3) is 0 Å². The summed E-state index contributed by atoms with van der Waals surface area (Å²) in [5, 5.41) is 3.21. The molecule has 0 spiro atoms. The predicted molar refractivity (Wildman–Crippen MR) is 111 cm³/mol. The maximum absolute atomic E-state index is 12.4. The molecule has 2 aliphatic carbocycles. The van der Waals surface area contributed by atoms with Crippen LogP contribution in [0, 0.1) is 11.8 Å². The normalized spacial score (nSPS) is 30.6. The third-order valence-electron chi connectivity index (χ3n) is 6.95. The first-order valence-corrected chi connectivity index (χ1v) is 12.2. The van der Waals surface area contributed by atoms with E-state index in [4.69, 9.17) is 0 Å². The Labute approximate surface area is 168 Å². The summed E-state index contributed by atoms with van der Waals surface area (Å²) in [5.41, 5.74) is 1.88. The second kappa shape index (κ2) is 7.34. The number of nitrogens with one attached hydrogen (secondary N) is 2. The molecule has 2 saturated carbocycles. The number of nitrogens with zero attached hydrogens (tertiary/aromatic N) is 1. The zero-order valence-corrected chi connectivity index (χ0v) is 17.6. The molecule has 1 aliphatic heterocycles. The molecule has 1 heterocycles. The molecule has 1 aromatic rings.